The second-order valence-corrected chi connectivity index (χ2v) is 4.95. The van der Waals surface area contributed by atoms with E-state index in [1.807, 2.05) is 20.8 Å². The Bertz CT molecular complexity index is 209. The van der Waals surface area contributed by atoms with Crippen LogP contribution >= 0.6 is 0 Å². The van der Waals surface area contributed by atoms with Gasteiger partial charge in [0.25, 0.3) is 0 Å². The molecule has 88 valence electrons. The van der Waals surface area contributed by atoms with Gasteiger partial charge in [-0.2, -0.15) is 0 Å². The lowest BCUT2D eigenvalue weighted by molar-refractivity contribution is -0.132. The molecule has 0 aromatic carbocycles. The molecule has 0 bridgehead atoms. The van der Waals surface area contributed by atoms with Crippen LogP contribution in [-0.4, -0.2) is 33.6 Å². The van der Waals surface area contributed by atoms with Crippen LogP contribution in [0.1, 0.15) is 33.6 Å². The minimum atomic E-state index is -2.18. The van der Waals surface area contributed by atoms with Gasteiger partial charge in [-0.3, -0.25) is 0 Å². The third-order valence-corrected chi connectivity index (χ3v) is 4.05. The van der Waals surface area contributed by atoms with E-state index in [2.05, 4.69) is 0 Å². The standard InChI is InChI=1S/C10H20O4Si/c1-4-7-8-9(10(11)12)15(13-5-2)14-6-3/h8,15H,4-7H2,1-3H3,(H,11,12)/b9-8+. The van der Waals surface area contributed by atoms with Gasteiger partial charge in [0.15, 0.2) is 0 Å². The fourth-order valence-corrected chi connectivity index (χ4v) is 2.74. The normalized spacial score (nSPS) is 12.1. The maximum Gasteiger partial charge on any atom is 0.362 e. The summed E-state index contributed by atoms with van der Waals surface area (Å²) in [6.45, 7) is 6.69. The number of carbonyl (C=O) groups is 1. The Hall–Kier alpha value is -0.653. The van der Waals surface area contributed by atoms with E-state index in [-0.39, 0.29) is 0 Å². The molecule has 0 aliphatic rings. The Morgan fingerprint density at radius 2 is 1.80 bits per heavy atom. The quantitative estimate of drug-likeness (QED) is 0.510. The van der Waals surface area contributed by atoms with E-state index in [4.69, 9.17) is 14.0 Å². The molecule has 0 aliphatic carbocycles. The van der Waals surface area contributed by atoms with Gasteiger partial charge in [0.1, 0.15) is 0 Å². The van der Waals surface area contributed by atoms with Crippen molar-refractivity contribution in [1.82, 2.24) is 0 Å². The zero-order chi connectivity index (χ0) is 11.7. The zero-order valence-corrected chi connectivity index (χ0v) is 10.8. The summed E-state index contributed by atoms with van der Waals surface area (Å²) < 4.78 is 10.7. The topological polar surface area (TPSA) is 55.8 Å². The summed E-state index contributed by atoms with van der Waals surface area (Å²) in [5, 5.41) is 9.36. The molecule has 0 unspecified atom stereocenters. The third-order valence-electron chi connectivity index (χ3n) is 1.79. The van der Waals surface area contributed by atoms with Crippen molar-refractivity contribution in [2.75, 3.05) is 13.2 Å². The largest absolute Gasteiger partial charge is 0.478 e. The maximum atomic E-state index is 11.0. The lowest BCUT2D eigenvalue weighted by atomic mass is 10.3. The van der Waals surface area contributed by atoms with Crippen molar-refractivity contribution in [3.63, 3.8) is 0 Å². The lowest BCUT2D eigenvalue weighted by Gasteiger charge is -2.15. The van der Waals surface area contributed by atoms with Gasteiger partial charge in [-0.1, -0.05) is 19.4 Å². The third kappa shape index (κ3) is 5.71. The molecule has 0 heterocycles. The highest BCUT2D eigenvalue weighted by atomic mass is 28.3. The predicted octanol–water partition coefficient (Wildman–Crippen LogP) is 1.63. The van der Waals surface area contributed by atoms with Gasteiger partial charge in [0, 0.05) is 13.2 Å². The molecule has 0 fully saturated rings. The molecule has 4 nitrogen and oxygen atoms in total. The van der Waals surface area contributed by atoms with Crippen LogP contribution in [0.4, 0.5) is 0 Å². The molecule has 0 aromatic heterocycles. The second kappa shape index (κ2) is 8.64. The number of hydrogen-bond acceptors (Lipinski definition) is 3. The van der Waals surface area contributed by atoms with Crippen molar-refractivity contribution in [2.24, 2.45) is 0 Å². The summed E-state index contributed by atoms with van der Waals surface area (Å²) >= 11 is 0. The molecule has 0 saturated heterocycles. The van der Waals surface area contributed by atoms with Crippen LogP contribution in [0.15, 0.2) is 11.3 Å². The molecular formula is C10H20O4Si. The van der Waals surface area contributed by atoms with Crippen LogP contribution in [0.2, 0.25) is 0 Å². The molecular weight excluding hydrogens is 212 g/mol. The fourth-order valence-electron chi connectivity index (χ4n) is 1.11. The van der Waals surface area contributed by atoms with E-state index in [1.165, 1.54) is 0 Å². The Morgan fingerprint density at radius 1 is 1.27 bits per heavy atom. The molecule has 1 N–H and O–H groups in total. The summed E-state index contributed by atoms with van der Waals surface area (Å²) in [4.78, 5) is 11.0. The molecule has 0 aliphatic heterocycles. The lowest BCUT2D eigenvalue weighted by Crippen LogP contribution is -2.30. The van der Waals surface area contributed by atoms with E-state index in [9.17, 15) is 4.79 Å². The number of aliphatic carboxylic acids is 1. The summed E-state index contributed by atoms with van der Waals surface area (Å²) in [5.74, 6) is -0.915. The van der Waals surface area contributed by atoms with E-state index in [0.717, 1.165) is 12.8 Å². The van der Waals surface area contributed by atoms with Crippen molar-refractivity contribution in [2.45, 2.75) is 33.6 Å². The first-order chi connectivity index (χ1) is 7.17. The summed E-state index contributed by atoms with van der Waals surface area (Å²) in [6.07, 6.45) is 3.41. The zero-order valence-electron chi connectivity index (χ0n) is 9.66. The molecule has 15 heavy (non-hydrogen) atoms. The number of carboxylic acids is 1. The number of hydrogen-bond donors (Lipinski definition) is 1. The SMILES string of the molecule is CCC/C=C(\C(=O)O)[SiH](OCC)OCC. The van der Waals surface area contributed by atoms with Gasteiger partial charge in [-0.15, -0.1) is 0 Å². The first-order valence-electron chi connectivity index (χ1n) is 5.33. The van der Waals surface area contributed by atoms with Crippen LogP contribution in [-0.2, 0) is 13.6 Å². The number of allylic oxidation sites excluding steroid dienone is 1. The Kier molecular flexibility index (Phi) is 8.26. The van der Waals surface area contributed by atoms with Crippen molar-refractivity contribution in [3.05, 3.63) is 11.3 Å². The molecule has 5 heteroatoms. The minimum Gasteiger partial charge on any atom is -0.478 e. The Morgan fingerprint density at radius 3 is 2.13 bits per heavy atom. The molecule has 0 rings (SSSR count). The van der Waals surface area contributed by atoms with Gasteiger partial charge in [-0.25, -0.2) is 4.79 Å². The number of unbranched alkanes of at least 4 members (excludes halogenated alkanes) is 1. The highest BCUT2D eigenvalue weighted by molar-refractivity contribution is 6.60. The predicted molar refractivity (Wildman–Crippen MR) is 61.0 cm³/mol. The van der Waals surface area contributed by atoms with Crippen molar-refractivity contribution >= 4 is 15.3 Å². The van der Waals surface area contributed by atoms with Crippen LogP contribution in [0.3, 0.4) is 0 Å². The minimum absolute atomic E-state index is 0.334. The van der Waals surface area contributed by atoms with Gasteiger partial charge in [0.05, 0.1) is 5.20 Å². The highest BCUT2D eigenvalue weighted by Crippen LogP contribution is 2.07. The second-order valence-electron chi connectivity index (χ2n) is 3.00. The van der Waals surface area contributed by atoms with E-state index in [1.54, 1.807) is 6.08 Å². The smallest absolute Gasteiger partial charge is 0.362 e. The van der Waals surface area contributed by atoms with Gasteiger partial charge < -0.3 is 14.0 Å². The molecule has 0 atom stereocenters. The Labute approximate surface area is 92.7 Å². The Balaban J connectivity index is 4.58. The van der Waals surface area contributed by atoms with Crippen LogP contribution in [0.25, 0.3) is 0 Å². The summed E-state index contributed by atoms with van der Waals surface area (Å²) in [5.41, 5.74) is 0. The number of rotatable bonds is 8. The fraction of sp³-hybridized carbons (Fsp3) is 0.700. The van der Waals surface area contributed by atoms with Gasteiger partial charge >= 0.3 is 15.3 Å². The summed E-state index contributed by atoms with van der Waals surface area (Å²) in [6, 6.07) is 0. The average Bonchev–Trinajstić information content (AvgIpc) is 2.18. The molecule has 0 amide bonds. The van der Waals surface area contributed by atoms with Gasteiger partial charge in [-0.05, 0) is 20.3 Å². The number of carboxylic acid groups (broad SMARTS) is 1. The van der Waals surface area contributed by atoms with Crippen molar-refractivity contribution < 1.29 is 18.8 Å². The van der Waals surface area contributed by atoms with Gasteiger partial charge in [0.2, 0.25) is 0 Å². The molecule has 0 saturated carbocycles. The van der Waals surface area contributed by atoms with Crippen LogP contribution in [0, 0.1) is 0 Å². The average molecular weight is 232 g/mol. The maximum absolute atomic E-state index is 11.0. The summed E-state index contributed by atoms with van der Waals surface area (Å²) in [7, 11) is -2.18. The monoisotopic (exact) mass is 232 g/mol. The van der Waals surface area contributed by atoms with E-state index in [0.29, 0.717) is 18.4 Å². The first-order valence-corrected chi connectivity index (χ1v) is 6.85. The van der Waals surface area contributed by atoms with E-state index < -0.39 is 15.3 Å². The molecule has 0 radical (unpaired) electrons. The van der Waals surface area contributed by atoms with Crippen molar-refractivity contribution in [3.8, 4) is 0 Å². The van der Waals surface area contributed by atoms with Crippen LogP contribution < -0.4 is 0 Å². The first kappa shape index (κ1) is 14.3. The molecule has 0 aromatic rings. The molecule has 0 spiro atoms. The highest BCUT2D eigenvalue weighted by Gasteiger charge is 2.24. The van der Waals surface area contributed by atoms with Crippen molar-refractivity contribution in [1.29, 1.82) is 0 Å². The van der Waals surface area contributed by atoms with E-state index >= 15 is 0 Å². The van der Waals surface area contributed by atoms with Crippen LogP contribution in [0.5, 0.6) is 0 Å².